The second-order valence-electron chi connectivity index (χ2n) is 22.4. The molecule has 426 valence electrons. The van der Waals surface area contributed by atoms with Gasteiger partial charge >= 0.3 is 5.97 Å². The first-order valence-corrected chi connectivity index (χ1v) is 32.6. The minimum atomic E-state index is -0.672. The maximum atomic E-state index is 12.5. The first kappa shape index (κ1) is 70.3. The smallest absolute Gasteiger partial charge is 0.305 e. The van der Waals surface area contributed by atoms with Gasteiger partial charge in [-0.2, -0.15) is 0 Å². The number of amides is 1. The summed E-state index contributed by atoms with van der Waals surface area (Å²) in [5, 5.41) is 23.4. The first-order chi connectivity index (χ1) is 35.5. The average Bonchev–Trinajstić information content (AvgIpc) is 3.38. The van der Waals surface area contributed by atoms with E-state index in [4.69, 9.17) is 4.74 Å². The zero-order chi connectivity index (χ0) is 52.2. The Bertz CT molecular complexity index is 1120. The molecular weight excluding hydrogens is 887 g/mol. The van der Waals surface area contributed by atoms with Gasteiger partial charge in [-0.1, -0.05) is 295 Å². The standard InChI is InChI=1S/C66H127NO5/c1-3-5-7-9-11-13-15-17-18-19-20-21-22-23-24-26-29-32-35-38-42-46-50-54-58-64(69)63(62-68)67-65(70)59-55-51-47-43-39-36-33-30-27-25-28-31-34-37-41-45-49-53-57-61-72-66(71)60-56-52-48-44-40-16-14-12-10-8-6-4-2/h12,14,25,27,63-64,68-69H,3-11,13,15-24,26,28-62H2,1-2H3,(H,67,70)/b14-12-,27-25-. The Morgan fingerprint density at radius 1 is 0.375 bits per heavy atom. The Hall–Kier alpha value is -1.66. The van der Waals surface area contributed by atoms with E-state index in [-0.39, 0.29) is 18.5 Å². The number of ether oxygens (including phenoxy) is 1. The van der Waals surface area contributed by atoms with Gasteiger partial charge in [-0.15, -0.1) is 0 Å². The molecule has 0 aliphatic heterocycles. The van der Waals surface area contributed by atoms with Crippen LogP contribution in [0.2, 0.25) is 0 Å². The summed E-state index contributed by atoms with van der Waals surface area (Å²) >= 11 is 0. The molecule has 0 aliphatic rings. The molecule has 0 fully saturated rings. The summed E-state index contributed by atoms with van der Waals surface area (Å²) in [5.74, 6) is -0.0463. The van der Waals surface area contributed by atoms with Crippen molar-refractivity contribution in [1.82, 2.24) is 5.32 Å². The van der Waals surface area contributed by atoms with Crippen molar-refractivity contribution in [2.45, 2.75) is 373 Å². The van der Waals surface area contributed by atoms with E-state index in [9.17, 15) is 19.8 Å². The maximum absolute atomic E-state index is 12.5. The lowest BCUT2D eigenvalue weighted by Crippen LogP contribution is -2.45. The topological polar surface area (TPSA) is 95.9 Å². The lowest BCUT2D eigenvalue weighted by Gasteiger charge is -2.22. The normalized spacial score (nSPS) is 12.7. The molecule has 2 atom stereocenters. The van der Waals surface area contributed by atoms with Gasteiger partial charge in [-0.3, -0.25) is 9.59 Å². The molecule has 0 aromatic rings. The number of rotatable bonds is 61. The first-order valence-electron chi connectivity index (χ1n) is 32.6. The van der Waals surface area contributed by atoms with Crippen molar-refractivity contribution in [3.8, 4) is 0 Å². The summed E-state index contributed by atoms with van der Waals surface area (Å²) in [7, 11) is 0. The molecule has 6 nitrogen and oxygen atoms in total. The van der Waals surface area contributed by atoms with E-state index in [0.717, 1.165) is 44.9 Å². The second kappa shape index (κ2) is 61.9. The van der Waals surface area contributed by atoms with Crippen LogP contribution in [-0.2, 0) is 14.3 Å². The van der Waals surface area contributed by atoms with Crippen LogP contribution in [0.5, 0.6) is 0 Å². The molecule has 0 radical (unpaired) electrons. The Kier molecular flexibility index (Phi) is 60.5. The van der Waals surface area contributed by atoms with Gasteiger partial charge in [0.25, 0.3) is 0 Å². The van der Waals surface area contributed by atoms with Gasteiger partial charge in [0.2, 0.25) is 5.91 Å². The van der Waals surface area contributed by atoms with Crippen LogP contribution in [-0.4, -0.2) is 47.4 Å². The Labute approximate surface area is 450 Å². The minimum absolute atomic E-state index is 0.00541. The Morgan fingerprint density at radius 2 is 0.653 bits per heavy atom. The number of hydrogen-bond acceptors (Lipinski definition) is 5. The van der Waals surface area contributed by atoms with E-state index >= 15 is 0 Å². The summed E-state index contributed by atoms with van der Waals surface area (Å²) in [5.41, 5.74) is 0. The highest BCUT2D eigenvalue weighted by Gasteiger charge is 2.20. The predicted octanol–water partition coefficient (Wildman–Crippen LogP) is 20.6. The van der Waals surface area contributed by atoms with E-state index < -0.39 is 12.1 Å². The van der Waals surface area contributed by atoms with Gasteiger partial charge in [-0.25, -0.2) is 0 Å². The minimum Gasteiger partial charge on any atom is -0.466 e. The second-order valence-corrected chi connectivity index (χ2v) is 22.4. The SMILES string of the molecule is CCCCC/C=C\CCCCCCCC(=O)OCCCCCCCCCC/C=C\CCCCCCCCCC(=O)NC(CO)C(O)CCCCCCCCCCCCCCCCCCCCCCCCCC. The number of hydrogen-bond donors (Lipinski definition) is 3. The quantitative estimate of drug-likeness (QED) is 0.0320. The van der Waals surface area contributed by atoms with Gasteiger partial charge in [0, 0.05) is 12.8 Å². The number of carbonyl (C=O) groups excluding carboxylic acids is 2. The third kappa shape index (κ3) is 57.6. The highest BCUT2D eigenvalue weighted by molar-refractivity contribution is 5.76. The third-order valence-corrected chi connectivity index (χ3v) is 15.2. The number of aliphatic hydroxyl groups is 2. The molecule has 0 saturated heterocycles. The lowest BCUT2D eigenvalue weighted by molar-refractivity contribution is -0.143. The third-order valence-electron chi connectivity index (χ3n) is 15.2. The number of allylic oxidation sites excluding steroid dienone is 4. The van der Waals surface area contributed by atoms with E-state index in [0.29, 0.717) is 25.9 Å². The zero-order valence-corrected chi connectivity index (χ0v) is 48.7. The van der Waals surface area contributed by atoms with E-state index in [1.54, 1.807) is 0 Å². The molecule has 0 bridgehead atoms. The molecule has 0 aromatic heterocycles. The molecule has 1 amide bonds. The van der Waals surface area contributed by atoms with Crippen LogP contribution in [0.4, 0.5) is 0 Å². The fourth-order valence-corrected chi connectivity index (χ4v) is 10.2. The van der Waals surface area contributed by atoms with Crippen molar-refractivity contribution in [3.63, 3.8) is 0 Å². The molecule has 2 unspecified atom stereocenters. The fraction of sp³-hybridized carbons (Fsp3) is 0.909. The molecule has 72 heavy (non-hydrogen) atoms. The number of unbranched alkanes of at least 4 members (excludes halogenated alkanes) is 46. The fourth-order valence-electron chi connectivity index (χ4n) is 10.2. The van der Waals surface area contributed by atoms with Gasteiger partial charge in [0.15, 0.2) is 0 Å². The van der Waals surface area contributed by atoms with E-state index in [1.807, 2.05) is 0 Å². The molecule has 0 aliphatic carbocycles. The zero-order valence-electron chi connectivity index (χ0n) is 48.7. The lowest BCUT2D eigenvalue weighted by atomic mass is 10.0. The summed E-state index contributed by atoms with van der Waals surface area (Å²) in [6.45, 7) is 4.94. The highest BCUT2D eigenvalue weighted by Crippen LogP contribution is 2.18. The van der Waals surface area contributed by atoms with Crippen LogP contribution >= 0.6 is 0 Å². The largest absolute Gasteiger partial charge is 0.466 e. The van der Waals surface area contributed by atoms with Crippen molar-refractivity contribution < 1.29 is 24.5 Å². The van der Waals surface area contributed by atoms with E-state index in [2.05, 4.69) is 43.5 Å². The van der Waals surface area contributed by atoms with Crippen molar-refractivity contribution in [1.29, 1.82) is 0 Å². The molecule has 6 heteroatoms. The molecule has 0 heterocycles. The van der Waals surface area contributed by atoms with Gasteiger partial charge < -0.3 is 20.3 Å². The number of carbonyl (C=O) groups is 2. The molecule has 0 aromatic carbocycles. The molecule has 0 spiro atoms. The van der Waals surface area contributed by atoms with Crippen molar-refractivity contribution in [2.75, 3.05) is 13.2 Å². The van der Waals surface area contributed by atoms with Crippen LogP contribution in [0.25, 0.3) is 0 Å². The van der Waals surface area contributed by atoms with Crippen LogP contribution < -0.4 is 5.32 Å². The highest BCUT2D eigenvalue weighted by atomic mass is 16.5. The number of esters is 1. The Balaban J connectivity index is 3.44. The number of nitrogens with one attached hydrogen (secondary N) is 1. The van der Waals surface area contributed by atoms with Crippen LogP contribution in [0.1, 0.15) is 361 Å². The van der Waals surface area contributed by atoms with Gasteiger partial charge in [-0.05, 0) is 77.0 Å². The van der Waals surface area contributed by atoms with Crippen molar-refractivity contribution >= 4 is 11.9 Å². The maximum Gasteiger partial charge on any atom is 0.305 e. The van der Waals surface area contributed by atoms with Crippen molar-refractivity contribution in [2.24, 2.45) is 0 Å². The monoisotopic (exact) mass is 1010 g/mol. The predicted molar refractivity (Wildman–Crippen MR) is 315 cm³/mol. The summed E-state index contributed by atoms with van der Waals surface area (Å²) in [6, 6.07) is -0.550. The average molecular weight is 1010 g/mol. The summed E-state index contributed by atoms with van der Waals surface area (Å²) < 4.78 is 5.46. The molecule has 0 rings (SSSR count). The molecular formula is C66H127NO5. The summed E-state index contributed by atoms with van der Waals surface area (Å²) in [6.07, 6.45) is 76.2. The van der Waals surface area contributed by atoms with Crippen LogP contribution in [0.15, 0.2) is 24.3 Å². The van der Waals surface area contributed by atoms with Gasteiger partial charge in [0.05, 0.1) is 25.4 Å². The van der Waals surface area contributed by atoms with Crippen molar-refractivity contribution in [3.05, 3.63) is 24.3 Å². The molecule has 3 N–H and O–H groups in total. The van der Waals surface area contributed by atoms with E-state index in [1.165, 1.54) is 283 Å². The van der Waals surface area contributed by atoms with Crippen LogP contribution in [0.3, 0.4) is 0 Å². The summed E-state index contributed by atoms with van der Waals surface area (Å²) in [4.78, 5) is 24.5. The molecule has 0 saturated carbocycles. The number of aliphatic hydroxyl groups excluding tert-OH is 2. The van der Waals surface area contributed by atoms with Crippen LogP contribution in [0, 0.1) is 0 Å². The van der Waals surface area contributed by atoms with Gasteiger partial charge in [0.1, 0.15) is 0 Å². The Morgan fingerprint density at radius 3 is 1.01 bits per heavy atom.